The first kappa shape index (κ1) is 9.53. The van der Waals surface area contributed by atoms with E-state index in [9.17, 15) is 5.11 Å². The maximum Gasteiger partial charge on any atom is 0.123 e. The molecule has 14 heavy (non-hydrogen) atoms. The van der Waals surface area contributed by atoms with Crippen molar-refractivity contribution in [3.8, 4) is 5.75 Å². The largest absolute Gasteiger partial charge is 0.490 e. The van der Waals surface area contributed by atoms with Crippen molar-refractivity contribution in [2.45, 2.75) is 38.9 Å². The molecule has 76 valence electrons. The van der Waals surface area contributed by atoms with Crippen LogP contribution in [0.2, 0.25) is 0 Å². The minimum absolute atomic E-state index is 0.159. The van der Waals surface area contributed by atoms with Crippen LogP contribution in [0, 0.1) is 6.92 Å². The molecule has 1 aromatic rings. The third kappa shape index (κ3) is 1.90. The Labute approximate surface area is 84.5 Å². The Morgan fingerprint density at radius 2 is 2.36 bits per heavy atom. The molecular weight excluding hydrogens is 176 g/mol. The van der Waals surface area contributed by atoms with Gasteiger partial charge in [-0.25, -0.2) is 0 Å². The van der Waals surface area contributed by atoms with Crippen LogP contribution in [-0.2, 0) is 6.42 Å². The first-order chi connectivity index (χ1) is 6.65. The van der Waals surface area contributed by atoms with Crippen LogP contribution in [0.1, 0.15) is 24.5 Å². The molecule has 0 radical (unpaired) electrons. The first-order valence-electron chi connectivity index (χ1n) is 5.09. The minimum atomic E-state index is -0.282. The summed E-state index contributed by atoms with van der Waals surface area (Å²) in [6.45, 7) is 3.89. The Balaban J connectivity index is 2.10. The predicted octanol–water partition coefficient (Wildman–Crippen LogP) is 2.07. The van der Waals surface area contributed by atoms with Crippen molar-refractivity contribution in [1.82, 2.24) is 0 Å². The average molecular weight is 192 g/mol. The predicted molar refractivity (Wildman–Crippen MR) is 55.6 cm³/mol. The summed E-state index contributed by atoms with van der Waals surface area (Å²) in [5.41, 5.74) is 2.54. The molecule has 1 aliphatic heterocycles. The fourth-order valence-electron chi connectivity index (χ4n) is 1.96. The van der Waals surface area contributed by atoms with Crippen LogP contribution in [0.15, 0.2) is 18.2 Å². The smallest absolute Gasteiger partial charge is 0.123 e. The lowest BCUT2D eigenvalue weighted by Gasteiger charge is -2.11. The van der Waals surface area contributed by atoms with Crippen molar-refractivity contribution < 1.29 is 9.84 Å². The van der Waals surface area contributed by atoms with Gasteiger partial charge >= 0.3 is 0 Å². The lowest BCUT2D eigenvalue weighted by Crippen LogP contribution is -2.19. The van der Waals surface area contributed by atoms with Crippen LogP contribution in [-0.4, -0.2) is 17.3 Å². The standard InChI is InChI=1S/C12H16O2/c1-8-3-4-12-10(5-8)7-11(14-12)6-9(2)13/h3-5,9,11,13H,6-7H2,1-2H3. The van der Waals surface area contributed by atoms with E-state index in [2.05, 4.69) is 19.1 Å². The van der Waals surface area contributed by atoms with Gasteiger partial charge in [-0.1, -0.05) is 17.7 Å². The Kier molecular flexibility index (Phi) is 2.46. The highest BCUT2D eigenvalue weighted by atomic mass is 16.5. The van der Waals surface area contributed by atoms with E-state index < -0.39 is 0 Å². The second-order valence-electron chi connectivity index (χ2n) is 4.14. The van der Waals surface area contributed by atoms with Crippen molar-refractivity contribution in [2.24, 2.45) is 0 Å². The molecule has 0 aliphatic carbocycles. The Morgan fingerprint density at radius 1 is 1.57 bits per heavy atom. The van der Waals surface area contributed by atoms with E-state index in [4.69, 9.17) is 4.74 Å². The molecular formula is C12H16O2. The number of ether oxygens (including phenoxy) is 1. The van der Waals surface area contributed by atoms with Crippen molar-refractivity contribution >= 4 is 0 Å². The average Bonchev–Trinajstić information content (AvgIpc) is 2.44. The van der Waals surface area contributed by atoms with E-state index in [0.29, 0.717) is 6.42 Å². The number of hydrogen-bond donors (Lipinski definition) is 1. The summed E-state index contributed by atoms with van der Waals surface area (Å²) >= 11 is 0. The highest BCUT2D eigenvalue weighted by Gasteiger charge is 2.23. The zero-order valence-corrected chi connectivity index (χ0v) is 8.66. The molecule has 1 heterocycles. The van der Waals surface area contributed by atoms with Crippen LogP contribution in [0.25, 0.3) is 0 Å². The van der Waals surface area contributed by atoms with Gasteiger partial charge in [0.2, 0.25) is 0 Å². The molecule has 0 saturated heterocycles. The Bertz CT molecular complexity index is 331. The summed E-state index contributed by atoms with van der Waals surface area (Å²) < 4.78 is 5.71. The highest BCUT2D eigenvalue weighted by molar-refractivity contribution is 5.40. The van der Waals surface area contributed by atoms with Crippen LogP contribution < -0.4 is 4.74 Å². The zero-order valence-electron chi connectivity index (χ0n) is 8.66. The molecule has 1 aliphatic rings. The molecule has 1 aromatic carbocycles. The third-order valence-corrected chi connectivity index (χ3v) is 2.56. The second-order valence-corrected chi connectivity index (χ2v) is 4.14. The lowest BCUT2D eigenvalue weighted by molar-refractivity contribution is 0.118. The number of hydrogen-bond acceptors (Lipinski definition) is 2. The monoisotopic (exact) mass is 192 g/mol. The van der Waals surface area contributed by atoms with Crippen molar-refractivity contribution in [3.05, 3.63) is 29.3 Å². The van der Waals surface area contributed by atoms with E-state index in [1.165, 1.54) is 11.1 Å². The van der Waals surface area contributed by atoms with Gasteiger partial charge in [-0.15, -0.1) is 0 Å². The van der Waals surface area contributed by atoms with E-state index in [1.54, 1.807) is 6.92 Å². The van der Waals surface area contributed by atoms with E-state index >= 15 is 0 Å². The van der Waals surface area contributed by atoms with Gasteiger partial charge in [0.25, 0.3) is 0 Å². The molecule has 2 heteroatoms. The summed E-state index contributed by atoms with van der Waals surface area (Å²) in [5.74, 6) is 0.987. The van der Waals surface area contributed by atoms with Gasteiger partial charge in [-0.3, -0.25) is 0 Å². The first-order valence-corrected chi connectivity index (χ1v) is 5.09. The van der Waals surface area contributed by atoms with Crippen molar-refractivity contribution in [1.29, 1.82) is 0 Å². The molecule has 0 aromatic heterocycles. The molecule has 2 atom stereocenters. The molecule has 1 N–H and O–H groups in total. The molecule has 0 amide bonds. The number of rotatable bonds is 2. The lowest BCUT2D eigenvalue weighted by atomic mass is 10.0. The van der Waals surface area contributed by atoms with Crippen LogP contribution in [0.4, 0.5) is 0 Å². The number of fused-ring (bicyclic) bond motifs is 1. The topological polar surface area (TPSA) is 29.5 Å². The van der Waals surface area contributed by atoms with Gasteiger partial charge < -0.3 is 9.84 Å². The Morgan fingerprint density at radius 3 is 3.07 bits per heavy atom. The number of aryl methyl sites for hydroxylation is 1. The van der Waals surface area contributed by atoms with E-state index in [1.807, 2.05) is 6.07 Å². The van der Waals surface area contributed by atoms with Crippen LogP contribution in [0.3, 0.4) is 0 Å². The molecule has 0 fully saturated rings. The fourth-order valence-corrected chi connectivity index (χ4v) is 1.96. The van der Waals surface area contributed by atoms with Gasteiger partial charge in [0, 0.05) is 12.8 Å². The number of benzene rings is 1. The summed E-state index contributed by atoms with van der Waals surface area (Å²) in [4.78, 5) is 0. The number of aliphatic hydroxyl groups excluding tert-OH is 1. The summed E-state index contributed by atoms with van der Waals surface area (Å²) in [5, 5.41) is 9.27. The maximum absolute atomic E-state index is 9.27. The molecule has 0 bridgehead atoms. The zero-order chi connectivity index (χ0) is 10.1. The van der Waals surface area contributed by atoms with Gasteiger partial charge in [0.05, 0.1) is 6.10 Å². The van der Waals surface area contributed by atoms with E-state index in [0.717, 1.165) is 12.2 Å². The van der Waals surface area contributed by atoms with Crippen LogP contribution >= 0.6 is 0 Å². The highest BCUT2D eigenvalue weighted by Crippen LogP contribution is 2.30. The third-order valence-electron chi connectivity index (χ3n) is 2.56. The minimum Gasteiger partial charge on any atom is -0.490 e. The van der Waals surface area contributed by atoms with Crippen molar-refractivity contribution in [2.75, 3.05) is 0 Å². The Hall–Kier alpha value is -1.02. The summed E-state index contributed by atoms with van der Waals surface area (Å²) in [7, 11) is 0. The van der Waals surface area contributed by atoms with Gasteiger partial charge in [0.15, 0.2) is 0 Å². The molecule has 2 rings (SSSR count). The van der Waals surface area contributed by atoms with Crippen LogP contribution in [0.5, 0.6) is 5.75 Å². The van der Waals surface area contributed by atoms with Gasteiger partial charge in [-0.2, -0.15) is 0 Å². The number of aliphatic hydroxyl groups is 1. The fraction of sp³-hybridized carbons (Fsp3) is 0.500. The normalized spacial score (nSPS) is 21.5. The second kappa shape index (κ2) is 3.62. The SMILES string of the molecule is Cc1ccc2c(c1)CC(CC(C)O)O2. The molecule has 0 spiro atoms. The molecule has 2 nitrogen and oxygen atoms in total. The van der Waals surface area contributed by atoms with Gasteiger partial charge in [-0.05, 0) is 25.5 Å². The summed E-state index contributed by atoms with van der Waals surface area (Å²) in [6.07, 6.45) is 1.53. The van der Waals surface area contributed by atoms with E-state index in [-0.39, 0.29) is 12.2 Å². The van der Waals surface area contributed by atoms with Crippen molar-refractivity contribution in [3.63, 3.8) is 0 Å². The summed E-state index contributed by atoms with van der Waals surface area (Å²) in [6, 6.07) is 6.24. The maximum atomic E-state index is 9.27. The quantitative estimate of drug-likeness (QED) is 0.777. The molecule has 2 unspecified atom stereocenters. The molecule has 0 saturated carbocycles. The van der Waals surface area contributed by atoms with Gasteiger partial charge in [0.1, 0.15) is 11.9 Å².